The monoisotopic (exact) mass is 1090 g/mol. The fraction of sp³-hybridized carbons (Fsp3) is 0.815. The maximum Gasteiger partial charge on any atom is 0.335 e. The van der Waals surface area contributed by atoms with Gasteiger partial charge in [-0.25, -0.2) is 4.79 Å². The number of carboxylic acid groups (broad SMARTS) is 1. The van der Waals surface area contributed by atoms with Gasteiger partial charge in [0.05, 0.1) is 6.61 Å². The van der Waals surface area contributed by atoms with Gasteiger partial charge in [-0.2, -0.15) is 0 Å². The predicted molar refractivity (Wildman–Crippen MR) is 312 cm³/mol. The van der Waals surface area contributed by atoms with Gasteiger partial charge in [-0.1, -0.05) is 223 Å². The van der Waals surface area contributed by atoms with E-state index >= 15 is 0 Å². The van der Waals surface area contributed by atoms with Crippen LogP contribution in [0, 0.1) is 0 Å². The molecule has 446 valence electrons. The van der Waals surface area contributed by atoms with Gasteiger partial charge in [0, 0.05) is 19.3 Å². The molecule has 0 radical (unpaired) electrons. The van der Waals surface area contributed by atoms with Gasteiger partial charge in [0.15, 0.2) is 24.6 Å². The number of aliphatic hydroxyl groups is 2. The van der Waals surface area contributed by atoms with Crippen LogP contribution in [0.2, 0.25) is 0 Å². The van der Waals surface area contributed by atoms with Crippen molar-refractivity contribution < 1.29 is 58.2 Å². The Morgan fingerprint density at radius 3 is 1.25 bits per heavy atom. The van der Waals surface area contributed by atoms with E-state index in [0.29, 0.717) is 19.3 Å². The van der Waals surface area contributed by atoms with Crippen molar-refractivity contribution in [2.75, 3.05) is 13.2 Å². The van der Waals surface area contributed by atoms with Gasteiger partial charge in [-0.15, -0.1) is 0 Å². The Kier molecular flexibility index (Phi) is 49.7. The first-order chi connectivity index (χ1) is 37.6. The van der Waals surface area contributed by atoms with Crippen LogP contribution in [0.5, 0.6) is 0 Å². The first-order valence-corrected chi connectivity index (χ1v) is 31.6. The molecule has 1 rings (SSSR count). The minimum Gasteiger partial charge on any atom is -0.479 e. The van der Waals surface area contributed by atoms with Crippen LogP contribution in [-0.4, -0.2) is 89.2 Å². The highest BCUT2D eigenvalue weighted by Gasteiger charge is 2.50. The molecule has 12 nitrogen and oxygen atoms in total. The summed E-state index contributed by atoms with van der Waals surface area (Å²) in [6.45, 7) is 5.94. The van der Waals surface area contributed by atoms with Gasteiger partial charge >= 0.3 is 23.9 Å². The van der Waals surface area contributed by atoms with Crippen molar-refractivity contribution in [3.63, 3.8) is 0 Å². The molecule has 6 unspecified atom stereocenters. The molecule has 0 spiro atoms. The largest absolute Gasteiger partial charge is 0.479 e. The molecule has 77 heavy (non-hydrogen) atoms. The zero-order chi connectivity index (χ0) is 56.1. The Labute approximate surface area is 469 Å². The number of aliphatic hydroxyl groups excluding tert-OH is 2. The van der Waals surface area contributed by atoms with Gasteiger partial charge in [0.25, 0.3) is 0 Å². The molecular weight excluding hydrogens is 973 g/mol. The van der Waals surface area contributed by atoms with Crippen LogP contribution in [-0.2, 0) is 42.9 Å². The Balaban J connectivity index is 2.63. The van der Waals surface area contributed by atoms with E-state index in [-0.39, 0.29) is 25.9 Å². The normalized spacial score (nSPS) is 18.3. The van der Waals surface area contributed by atoms with Crippen LogP contribution in [0.15, 0.2) is 48.6 Å². The van der Waals surface area contributed by atoms with E-state index in [9.17, 15) is 34.5 Å². The summed E-state index contributed by atoms with van der Waals surface area (Å²) < 4.78 is 28.5. The fourth-order valence-electron chi connectivity index (χ4n) is 9.43. The third kappa shape index (κ3) is 43.2. The molecule has 0 aromatic heterocycles. The lowest BCUT2D eigenvalue weighted by Gasteiger charge is -2.40. The second-order valence-electron chi connectivity index (χ2n) is 21.7. The van der Waals surface area contributed by atoms with Crippen molar-refractivity contribution in [1.29, 1.82) is 0 Å². The SMILES string of the molecule is CCCC/C=C\CCCCCCCC(=O)OC(COC(=O)CCCCCCCCCCC/C=C\C/C=C\CCCCC)COC1OC(C(=O)O)C(O)C(O)C1OC(=O)CCCCCCCCC/C=C\CCCCCCCC. The van der Waals surface area contributed by atoms with E-state index in [0.717, 1.165) is 103 Å². The van der Waals surface area contributed by atoms with E-state index in [1.807, 2.05) is 0 Å². The Morgan fingerprint density at radius 1 is 0.429 bits per heavy atom. The van der Waals surface area contributed by atoms with Crippen molar-refractivity contribution in [2.45, 2.75) is 327 Å². The van der Waals surface area contributed by atoms with Crippen molar-refractivity contribution >= 4 is 23.9 Å². The predicted octanol–water partition coefficient (Wildman–Crippen LogP) is 16.6. The molecule has 12 heteroatoms. The van der Waals surface area contributed by atoms with Gasteiger partial charge in [0.1, 0.15) is 18.8 Å². The van der Waals surface area contributed by atoms with Crippen molar-refractivity contribution in [3.8, 4) is 0 Å². The van der Waals surface area contributed by atoms with Crippen LogP contribution in [0.25, 0.3) is 0 Å². The summed E-state index contributed by atoms with van der Waals surface area (Å²) in [6.07, 6.45) is 52.2. The third-order valence-electron chi connectivity index (χ3n) is 14.3. The second kappa shape index (κ2) is 53.3. The molecule has 0 amide bonds. The maximum atomic E-state index is 13.1. The third-order valence-corrected chi connectivity index (χ3v) is 14.3. The fourth-order valence-corrected chi connectivity index (χ4v) is 9.43. The lowest BCUT2D eigenvalue weighted by molar-refractivity contribution is -0.301. The first kappa shape index (κ1) is 71.7. The van der Waals surface area contributed by atoms with Crippen molar-refractivity contribution in [2.24, 2.45) is 0 Å². The number of rotatable bonds is 54. The Hall–Kier alpha value is -3.32. The molecule has 1 aliphatic rings. The van der Waals surface area contributed by atoms with Crippen molar-refractivity contribution in [1.82, 2.24) is 0 Å². The molecule has 1 heterocycles. The number of allylic oxidation sites excluding steroid dienone is 8. The second-order valence-corrected chi connectivity index (χ2v) is 21.7. The van der Waals surface area contributed by atoms with E-state index < -0.39 is 67.3 Å². The lowest BCUT2D eigenvalue weighted by Crippen LogP contribution is -2.61. The zero-order valence-electron chi connectivity index (χ0n) is 49.2. The van der Waals surface area contributed by atoms with Crippen LogP contribution < -0.4 is 0 Å². The molecular formula is C65H114O12. The van der Waals surface area contributed by atoms with Gasteiger partial charge < -0.3 is 39.0 Å². The number of aliphatic carboxylic acids is 1. The van der Waals surface area contributed by atoms with Gasteiger partial charge in [0.2, 0.25) is 0 Å². The summed E-state index contributed by atoms with van der Waals surface area (Å²) in [5.41, 5.74) is 0. The average Bonchev–Trinajstić information content (AvgIpc) is 3.42. The summed E-state index contributed by atoms with van der Waals surface area (Å²) in [5, 5.41) is 31.5. The summed E-state index contributed by atoms with van der Waals surface area (Å²) in [5.74, 6) is -3.12. The average molecular weight is 1090 g/mol. The summed E-state index contributed by atoms with van der Waals surface area (Å²) in [4.78, 5) is 51.2. The van der Waals surface area contributed by atoms with Crippen LogP contribution in [0.3, 0.4) is 0 Å². The number of carboxylic acids is 1. The number of carbonyl (C=O) groups excluding carboxylic acids is 3. The van der Waals surface area contributed by atoms with E-state index in [1.165, 1.54) is 128 Å². The zero-order valence-corrected chi connectivity index (χ0v) is 49.2. The topological polar surface area (TPSA) is 175 Å². The smallest absolute Gasteiger partial charge is 0.335 e. The molecule has 0 aromatic carbocycles. The molecule has 1 fully saturated rings. The van der Waals surface area contributed by atoms with Crippen LogP contribution in [0.4, 0.5) is 0 Å². The number of esters is 3. The molecule has 3 N–H and O–H groups in total. The quantitative estimate of drug-likeness (QED) is 0.0228. The molecule has 6 atom stereocenters. The number of hydrogen-bond donors (Lipinski definition) is 3. The standard InChI is InChI=1S/C65H114O12/c1-4-7-10-13-16-19-22-24-26-28-29-31-32-34-37-39-42-45-48-51-57(66)73-54-56(75-58(67)52-49-46-43-40-36-21-18-15-12-9-6-3)55-74-65-63(61(70)60(69)62(77-65)64(71)72)76-59(68)53-50-47-44-41-38-35-33-30-27-25-23-20-17-14-11-8-5-2/h15-16,18-19,24-27,56,60-63,65,69-70H,4-14,17,20-23,28-55H2,1-3H3,(H,71,72)/b18-15-,19-16-,26-24-,27-25-. The van der Waals surface area contributed by atoms with Gasteiger partial charge in [-0.05, 0) is 96.3 Å². The van der Waals surface area contributed by atoms with E-state index in [4.69, 9.17) is 23.7 Å². The number of hydrogen-bond acceptors (Lipinski definition) is 11. The van der Waals surface area contributed by atoms with E-state index in [2.05, 4.69) is 69.4 Å². The van der Waals surface area contributed by atoms with Crippen molar-refractivity contribution in [3.05, 3.63) is 48.6 Å². The lowest BCUT2D eigenvalue weighted by atomic mass is 9.98. The van der Waals surface area contributed by atoms with Crippen LogP contribution >= 0.6 is 0 Å². The summed E-state index contributed by atoms with van der Waals surface area (Å²) in [6, 6.07) is 0. The van der Waals surface area contributed by atoms with Gasteiger partial charge in [-0.3, -0.25) is 14.4 Å². The molecule has 0 bridgehead atoms. The highest BCUT2D eigenvalue weighted by molar-refractivity contribution is 5.74. The highest BCUT2D eigenvalue weighted by atomic mass is 16.7. The summed E-state index contributed by atoms with van der Waals surface area (Å²) in [7, 11) is 0. The minimum atomic E-state index is -1.90. The Morgan fingerprint density at radius 2 is 0.792 bits per heavy atom. The molecule has 1 saturated heterocycles. The molecule has 0 aliphatic carbocycles. The minimum absolute atomic E-state index is 0.0559. The Bertz CT molecular complexity index is 1520. The van der Waals surface area contributed by atoms with Crippen LogP contribution in [0.1, 0.15) is 290 Å². The van der Waals surface area contributed by atoms with E-state index in [1.54, 1.807) is 0 Å². The molecule has 1 aliphatic heterocycles. The number of ether oxygens (including phenoxy) is 5. The number of carbonyl (C=O) groups is 4. The first-order valence-electron chi connectivity index (χ1n) is 31.6. The maximum absolute atomic E-state index is 13.1. The summed E-state index contributed by atoms with van der Waals surface area (Å²) >= 11 is 0. The highest BCUT2D eigenvalue weighted by Crippen LogP contribution is 2.27. The molecule has 0 aromatic rings. The molecule has 0 saturated carbocycles. The number of unbranched alkanes of at least 4 members (excludes halogenated alkanes) is 32.